The average molecular weight is 284 g/mol. The van der Waals surface area contributed by atoms with E-state index >= 15 is 0 Å². The average Bonchev–Trinajstić information content (AvgIpc) is 2.55. The first-order valence-corrected chi connectivity index (χ1v) is 6.81. The summed E-state index contributed by atoms with van der Waals surface area (Å²) in [6, 6.07) is 16.8. The standard InChI is InChI=1S/C17H20N2O2/c1-17(12-18,14-8-4-3-5-9-14)19-16(20)13-7-6-10-15(11-13)21-2/h3-11H,12,18H2,1-2H3,(H,19,20). The lowest BCUT2D eigenvalue weighted by molar-refractivity contribution is 0.0907. The number of hydrogen-bond acceptors (Lipinski definition) is 3. The molecular formula is C17H20N2O2. The molecule has 0 heterocycles. The maximum Gasteiger partial charge on any atom is 0.252 e. The van der Waals surface area contributed by atoms with Gasteiger partial charge >= 0.3 is 0 Å². The fraction of sp³-hybridized carbons (Fsp3) is 0.235. The lowest BCUT2D eigenvalue weighted by Gasteiger charge is -2.30. The summed E-state index contributed by atoms with van der Waals surface area (Å²) in [6.07, 6.45) is 0. The predicted octanol–water partition coefficient (Wildman–Crippen LogP) is 2.30. The molecule has 0 aliphatic carbocycles. The van der Waals surface area contributed by atoms with Gasteiger partial charge in [-0.15, -0.1) is 0 Å². The predicted molar refractivity (Wildman–Crippen MR) is 83.3 cm³/mol. The van der Waals surface area contributed by atoms with Crippen LogP contribution >= 0.6 is 0 Å². The van der Waals surface area contributed by atoms with Gasteiger partial charge in [0.25, 0.3) is 5.91 Å². The third-order valence-corrected chi connectivity index (χ3v) is 3.54. The van der Waals surface area contributed by atoms with E-state index in [1.54, 1.807) is 31.4 Å². The van der Waals surface area contributed by atoms with Crippen molar-refractivity contribution in [2.45, 2.75) is 12.5 Å². The van der Waals surface area contributed by atoms with Crippen LogP contribution < -0.4 is 15.8 Å². The fourth-order valence-electron chi connectivity index (χ4n) is 2.13. The van der Waals surface area contributed by atoms with Gasteiger partial charge in [-0.05, 0) is 30.7 Å². The van der Waals surface area contributed by atoms with E-state index in [9.17, 15) is 4.79 Å². The van der Waals surface area contributed by atoms with E-state index in [4.69, 9.17) is 10.5 Å². The van der Waals surface area contributed by atoms with Crippen molar-refractivity contribution in [1.82, 2.24) is 5.32 Å². The van der Waals surface area contributed by atoms with Crippen LogP contribution in [0.4, 0.5) is 0 Å². The number of nitrogens with two attached hydrogens (primary N) is 1. The van der Waals surface area contributed by atoms with E-state index < -0.39 is 5.54 Å². The molecule has 1 atom stereocenters. The van der Waals surface area contributed by atoms with Gasteiger partial charge in [0.15, 0.2) is 0 Å². The van der Waals surface area contributed by atoms with E-state index in [1.165, 1.54) is 0 Å². The second-order valence-electron chi connectivity index (χ2n) is 5.09. The number of nitrogens with one attached hydrogen (secondary N) is 1. The van der Waals surface area contributed by atoms with Gasteiger partial charge in [-0.3, -0.25) is 4.79 Å². The zero-order valence-corrected chi connectivity index (χ0v) is 12.3. The summed E-state index contributed by atoms with van der Waals surface area (Å²) in [7, 11) is 1.57. The molecule has 0 radical (unpaired) electrons. The van der Waals surface area contributed by atoms with Crippen molar-refractivity contribution < 1.29 is 9.53 Å². The highest BCUT2D eigenvalue weighted by Crippen LogP contribution is 2.20. The maximum absolute atomic E-state index is 12.4. The number of ether oxygens (including phenoxy) is 1. The number of amides is 1. The SMILES string of the molecule is COc1cccc(C(=O)NC(C)(CN)c2ccccc2)c1. The molecule has 21 heavy (non-hydrogen) atoms. The first kappa shape index (κ1) is 15.1. The van der Waals surface area contributed by atoms with Gasteiger partial charge in [0.05, 0.1) is 12.6 Å². The van der Waals surface area contributed by atoms with Gasteiger partial charge in [0.1, 0.15) is 5.75 Å². The largest absolute Gasteiger partial charge is 0.497 e. The van der Waals surface area contributed by atoms with Gasteiger partial charge in [0, 0.05) is 12.1 Å². The monoisotopic (exact) mass is 284 g/mol. The van der Waals surface area contributed by atoms with Crippen LogP contribution in [-0.2, 0) is 5.54 Å². The Bertz CT molecular complexity index is 613. The molecule has 110 valence electrons. The van der Waals surface area contributed by atoms with Crippen LogP contribution in [0.5, 0.6) is 5.75 Å². The zero-order chi connectivity index (χ0) is 15.3. The number of benzene rings is 2. The zero-order valence-electron chi connectivity index (χ0n) is 12.3. The van der Waals surface area contributed by atoms with Crippen molar-refractivity contribution >= 4 is 5.91 Å². The van der Waals surface area contributed by atoms with E-state index in [0.717, 1.165) is 5.56 Å². The van der Waals surface area contributed by atoms with Crippen LogP contribution in [-0.4, -0.2) is 19.6 Å². The van der Waals surface area contributed by atoms with Crippen molar-refractivity contribution in [3.63, 3.8) is 0 Å². The molecule has 2 aromatic carbocycles. The van der Waals surface area contributed by atoms with Gasteiger partial charge in [-0.1, -0.05) is 36.4 Å². The minimum Gasteiger partial charge on any atom is -0.497 e. The summed E-state index contributed by atoms with van der Waals surface area (Å²) in [6.45, 7) is 2.23. The highest BCUT2D eigenvalue weighted by molar-refractivity contribution is 5.95. The topological polar surface area (TPSA) is 64.3 Å². The van der Waals surface area contributed by atoms with Crippen LogP contribution in [0.2, 0.25) is 0 Å². The second kappa shape index (κ2) is 6.41. The highest BCUT2D eigenvalue weighted by Gasteiger charge is 2.27. The molecule has 4 nitrogen and oxygen atoms in total. The number of carbonyl (C=O) groups is 1. The summed E-state index contributed by atoms with van der Waals surface area (Å²) >= 11 is 0. The third kappa shape index (κ3) is 3.41. The molecule has 0 saturated carbocycles. The lowest BCUT2D eigenvalue weighted by atomic mass is 9.91. The van der Waals surface area contributed by atoms with Crippen molar-refractivity contribution in [2.24, 2.45) is 5.73 Å². The highest BCUT2D eigenvalue weighted by atomic mass is 16.5. The Labute approximate surface area is 124 Å². The van der Waals surface area contributed by atoms with E-state index in [2.05, 4.69) is 5.32 Å². The Morgan fingerprint density at radius 2 is 1.90 bits per heavy atom. The lowest BCUT2D eigenvalue weighted by Crippen LogP contribution is -2.48. The van der Waals surface area contributed by atoms with Gasteiger partial charge < -0.3 is 15.8 Å². The molecule has 0 fully saturated rings. The molecule has 0 bridgehead atoms. The summed E-state index contributed by atoms with van der Waals surface area (Å²) in [4.78, 5) is 12.4. The Morgan fingerprint density at radius 1 is 1.19 bits per heavy atom. The summed E-state index contributed by atoms with van der Waals surface area (Å²) in [5.74, 6) is 0.475. The number of methoxy groups -OCH3 is 1. The van der Waals surface area contributed by atoms with Crippen LogP contribution in [0.15, 0.2) is 54.6 Å². The Balaban J connectivity index is 2.23. The molecule has 3 N–H and O–H groups in total. The van der Waals surface area contributed by atoms with Crippen LogP contribution in [0.3, 0.4) is 0 Å². The molecule has 0 aliphatic heterocycles. The van der Waals surface area contributed by atoms with Gasteiger partial charge in [-0.25, -0.2) is 0 Å². The molecule has 1 unspecified atom stereocenters. The van der Waals surface area contributed by atoms with Crippen molar-refractivity contribution in [1.29, 1.82) is 0 Å². The third-order valence-electron chi connectivity index (χ3n) is 3.54. The first-order chi connectivity index (χ1) is 10.1. The first-order valence-electron chi connectivity index (χ1n) is 6.81. The number of carbonyl (C=O) groups excluding carboxylic acids is 1. The molecule has 0 aliphatic rings. The molecule has 2 aromatic rings. The minimum atomic E-state index is -0.610. The molecule has 0 spiro atoms. The Kier molecular flexibility index (Phi) is 4.60. The molecule has 2 rings (SSSR count). The van der Waals surface area contributed by atoms with Crippen LogP contribution in [0, 0.1) is 0 Å². The molecular weight excluding hydrogens is 264 g/mol. The quantitative estimate of drug-likeness (QED) is 0.885. The minimum absolute atomic E-state index is 0.175. The maximum atomic E-state index is 12.4. The van der Waals surface area contributed by atoms with E-state index in [0.29, 0.717) is 17.9 Å². The summed E-state index contributed by atoms with van der Waals surface area (Å²) < 4.78 is 5.14. The summed E-state index contributed by atoms with van der Waals surface area (Å²) in [5, 5.41) is 3.01. The summed E-state index contributed by atoms with van der Waals surface area (Å²) in [5.41, 5.74) is 6.79. The van der Waals surface area contributed by atoms with Crippen molar-refractivity contribution in [2.75, 3.05) is 13.7 Å². The number of hydrogen-bond donors (Lipinski definition) is 2. The van der Waals surface area contributed by atoms with Crippen molar-refractivity contribution in [3.05, 3.63) is 65.7 Å². The second-order valence-corrected chi connectivity index (χ2v) is 5.09. The molecule has 0 saturated heterocycles. The van der Waals surface area contributed by atoms with Crippen LogP contribution in [0.1, 0.15) is 22.8 Å². The Morgan fingerprint density at radius 3 is 2.52 bits per heavy atom. The van der Waals surface area contributed by atoms with E-state index in [-0.39, 0.29) is 5.91 Å². The van der Waals surface area contributed by atoms with E-state index in [1.807, 2.05) is 37.3 Å². The van der Waals surface area contributed by atoms with Gasteiger partial charge in [-0.2, -0.15) is 0 Å². The van der Waals surface area contributed by atoms with Crippen molar-refractivity contribution in [3.8, 4) is 5.75 Å². The Hall–Kier alpha value is -2.33. The fourth-order valence-corrected chi connectivity index (χ4v) is 2.13. The van der Waals surface area contributed by atoms with Gasteiger partial charge in [0.2, 0.25) is 0 Å². The molecule has 0 aromatic heterocycles. The molecule has 4 heteroatoms. The smallest absolute Gasteiger partial charge is 0.252 e. The molecule has 1 amide bonds. The normalized spacial score (nSPS) is 13.3. The number of rotatable bonds is 5. The van der Waals surface area contributed by atoms with Crippen LogP contribution in [0.25, 0.3) is 0 Å².